The minimum Gasteiger partial charge on any atom is -0.461 e. The van der Waals surface area contributed by atoms with E-state index in [2.05, 4.69) is 16.4 Å². The van der Waals surface area contributed by atoms with E-state index in [0.29, 0.717) is 25.7 Å². The van der Waals surface area contributed by atoms with Gasteiger partial charge in [-0.25, -0.2) is 9.59 Å². The smallest absolute Gasteiger partial charge is 0.461 e. The predicted molar refractivity (Wildman–Crippen MR) is 161 cm³/mol. The van der Waals surface area contributed by atoms with Gasteiger partial charge in [0.2, 0.25) is 0 Å². The van der Waals surface area contributed by atoms with Crippen molar-refractivity contribution in [1.82, 2.24) is 0 Å². The highest BCUT2D eigenvalue weighted by molar-refractivity contribution is 5.70. The third-order valence-electron chi connectivity index (χ3n) is 5.68. The van der Waals surface area contributed by atoms with Gasteiger partial charge in [0.15, 0.2) is 0 Å². The van der Waals surface area contributed by atoms with Gasteiger partial charge in [0, 0.05) is 5.92 Å². The second kappa shape index (κ2) is 24.5. The predicted octanol–water partition coefficient (Wildman–Crippen LogP) is 4.42. The lowest BCUT2D eigenvalue weighted by Crippen LogP contribution is -2.24. The summed E-state index contributed by atoms with van der Waals surface area (Å²) in [5.41, 5.74) is 1.91. The second-order valence-electron chi connectivity index (χ2n) is 10.2. The molecule has 2 fully saturated rings. The number of epoxide rings is 2. The molecule has 14 heteroatoms. The van der Waals surface area contributed by atoms with Gasteiger partial charge in [-0.05, 0) is 25.0 Å². The van der Waals surface area contributed by atoms with Gasteiger partial charge in [-0.1, -0.05) is 67.6 Å². The standard InChI is InChI=1S/C18H24O8.C11H12O3.C3H6O.CO2/c1-13(9-16(19)23-12-15-7-5-4-6-8-15)10-24-18(21)26-14(2)11-25-17(20)22-3;12-11(6-10-8-13-10)14-7-9-4-2-1-3-5-9;1-3-2-4-3;2-1-3/h4-8,13-14H,9-12H2,1-3H3;1-5,10H,6-8H2;3H,2H2,1H3;. The summed E-state index contributed by atoms with van der Waals surface area (Å²) < 4.78 is 38.6. The largest absolute Gasteiger partial charge is 0.508 e. The number of hydrogen-bond acceptors (Lipinski definition) is 14. The molecule has 2 aliphatic rings. The van der Waals surface area contributed by atoms with Crippen molar-refractivity contribution in [3.05, 3.63) is 71.8 Å². The van der Waals surface area contributed by atoms with Crippen molar-refractivity contribution < 1.29 is 66.7 Å². The van der Waals surface area contributed by atoms with E-state index in [4.69, 9.17) is 38.0 Å². The lowest BCUT2D eigenvalue weighted by molar-refractivity contribution is -0.191. The highest BCUT2D eigenvalue weighted by atomic mass is 16.7. The zero-order valence-electron chi connectivity index (χ0n) is 27.0. The number of benzene rings is 2. The van der Waals surface area contributed by atoms with Gasteiger partial charge in [0.05, 0.1) is 52.0 Å². The van der Waals surface area contributed by atoms with Crippen molar-refractivity contribution in [2.75, 3.05) is 33.5 Å². The summed E-state index contributed by atoms with van der Waals surface area (Å²) in [6, 6.07) is 19.0. The minimum atomic E-state index is -0.907. The Morgan fingerprint density at radius 2 is 1.23 bits per heavy atom. The van der Waals surface area contributed by atoms with Crippen LogP contribution in [0.15, 0.2) is 60.7 Å². The normalized spacial score (nSPS) is 16.1. The van der Waals surface area contributed by atoms with E-state index in [0.717, 1.165) is 17.7 Å². The summed E-state index contributed by atoms with van der Waals surface area (Å²) in [6.07, 6.45) is -1.02. The Hall–Kier alpha value is -4.78. The molecule has 0 radical (unpaired) electrons. The lowest BCUT2D eigenvalue weighted by atomic mass is 10.1. The van der Waals surface area contributed by atoms with Crippen LogP contribution in [0.2, 0.25) is 0 Å². The first-order valence-corrected chi connectivity index (χ1v) is 14.7. The zero-order valence-corrected chi connectivity index (χ0v) is 27.0. The molecule has 2 aliphatic heterocycles. The van der Waals surface area contributed by atoms with Gasteiger partial charge >= 0.3 is 30.4 Å². The number of esters is 2. The van der Waals surface area contributed by atoms with Crippen LogP contribution in [-0.4, -0.2) is 82.3 Å². The van der Waals surface area contributed by atoms with Crippen LogP contribution in [-0.2, 0) is 70.3 Å². The van der Waals surface area contributed by atoms with Gasteiger partial charge in [0.25, 0.3) is 0 Å². The summed E-state index contributed by atoms with van der Waals surface area (Å²) in [5.74, 6) is -0.790. The molecule has 0 bridgehead atoms. The Morgan fingerprint density at radius 3 is 1.68 bits per heavy atom. The maximum atomic E-state index is 11.8. The molecule has 4 rings (SSSR count). The molecular weight excluding hydrogens is 620 g/mol. The molecule has 2 saturated heterocycles. The van der Waals surface area contributed by atoms with Gasteiger partial charge in [-0.3, -0.25) is 9.59 Å². The molecule has 0 aliphatic carbocycles. The van der Waals surface area contributed by atoms with Crippen molar-refractivity contribution in [2.24, 2.45) is 5.92 Å². The highest BCUT2D eigenvalue weighted by Gasteiger charge is 2.26. The van der Waals surface area contributed by atoms with E-state index >= 15 is 0 Å². The Morgan fingerprint density at radius 1 is 0.766 bits per heavy atom. The molecule has 4 atom stereocenters. The maximum absolute atomic E-state index is 11.8. The van der Waals surface area contributed by atoms with Crippen LogP contribution in [0.5, 0.6) is 0 Å². The Kier molecular flexibility index (Phi) is 20.9. The quantitative estimate of drug-likeness (QED) is 0.167. The fourth-order valence-electron chi connectivity index (χ4n) is 3.09. The van der Waals surface area contributed by atoms with Crippen molar-refractivity contribution in [3.63, 3.8) is 0 Å². The topological polar surface area (TPSA) is 183 Å². The summed E-state index contributed by atoms with van der Waals surface area (Å²) in [5, 5.41) is 0. The average Bonchev–Trinajstić information content (AvgIpc) is 4.02. The molecule has 258 valence electrons. The van der Waals surface area contributed by atoms with E-state index in [1.54, 1.807) is 6.92 Å². The van der Waals surface area contributed by atoms with Crippen molar-refractivity contribution in [3.8, 4) is 0 Å². The van der Waals surface area contributed by atoms with E-state index in [-0.39, 0.29) is 56.4 Å². The van der Waals surface area contributed by atoms with Crippen LogP contribution in [0, 0.1) is 5.92 Å². The first-order chi connectivity index (χ1) is 22.6. The molecular formula is C33H42O14. The molecule has 0 amide bonds. The Labute approximate surface area is 273 Å². The fourth-order valence-corrected chi connectivity index (χ4v) is 3.09. The number of hydrogen-bond donors (Lipinski definition) is 0. The third-order valence-corrected chi connectivity index (χ3v) is 5.68. The molecule has 2 heterocycles. The third kappa shape index (κ3) is 24.2. The van der Waals surface area contributed by atoms with Crippen molar-refractivity contribution in [1.29, 1.82) is 0 Å². The molecule has 2 aromatic rings. The zero-order chi connectivity index (χ0) is 34.9. The molecule has 14 nitrogen and oxygen atoms in total. The second-order valence-corrected chi connectivity index (χ2v) is 10.2. The summed E-state index contributed by atoms with van der Waals surface area (Å²) >= 11 is 0. The van der Waals surface area contributed by atoms with E-state index < -0.39 is 18.4 Å². The highest BCUT2D eigenvalue weighted by Crippen LogP contribution is 2.14. The average molecular weight is 663 g/mol. The molecule has 0 spiro atoms. The summed E-state index contributed by atoms with van der Waals surface area (Å²) in [4.78, 5) is 61.5. The van der Waals surface area contributed by atoms with E-state index in [1.165, 1.54) is 14.0 Å². The summed E-state index contributed by atoms with van der Waals surface area (Å²) in [7, 11) is 1.17. The van der Waals surface area contributed by atoms with E-state index in [9.17, 15) is 19.2 Å². The molecule has 0 saturated carbocycles. The summed E-state index contributed by atoms with van der Waals surface area (Å²) in [6.45, 7) is 7.43. The molecule has 0 N–H and O–H groups in total. The first-order valence-electron chi connectivity index (χ1n) is 14.7. The van der Waals surface area contributed by atoms with Gasteiger partial charge in [-0.2, -0.15) is 9.59 Å². The monoisotopic (exact) mass is 662 g/mol. The fraction of sp³-hybridized carbons (Fsp3) is 0.485. The van der Waals surface area contributed by atoms with Crippen molar-refractivity contribution in [2.45, 2.75) is 65.1 Å². The van der Waals surface area contributed by atoms with Gasteiger partial charge in [-0.15, -0.1) is 0 Å². The maximum Gasteiger partial charge on any atom is 0.508 e. The van der Waals surface area contributed by atoms with Crippen LogP contribution in [0.1, 0.15) is 44.7 Å². The van der Waals surface area contributed by atoms with Crippen LogP contribution in [0.3, 0.4) is 0 Å². The Balaban J connectivity index is 0.000000430. The number of ether oxygens (including phenoxy) is 8. The molecule has 47 heavy (non-hydrogen) atoms. The SMILES string of the molecule is CC1CO1.COC(=O)OCC(C)OC(=O)OCC(C)CC(=O)OCc1ccccc1.O=C(CC1CO1)OCc1ccccc1.O=C=O. The van der Waals surface area contributed by atoms with Crippen LogP contribution in [0.4, 0.5) is 9.59 Å². The van der Waals surface area contributed by atoms with Crippen LogP contribution >= 0.6 is 0 Å². The lowest BCUT2D eigenvalue weighted by Gasteiger charge is -2.15. The van der Waals surface area contributed by atoms with Gasteiger partial charge in [0.1, 0.15) is 25.9 Å². The number of carbonyl (C=O) groups excluding carboxylic acids is 6. The van der Waals surface area contributed by atoms with Gasteiger partial charge < -0.3 is 37.9 Å². The molecule has 0 aromatic heterocycles. The Bertz CT molecular complexity index is 1210. The molecule has 2 aromatic carbocycles. The van der Waals surface area contributed by atoms with Crippen LogP contribution in [0.25, 0.3) is 0 Å². The minimum absolute atomic E-state index is 0.00382. The molecule has 4 unspecified atom stereocenters. The number of rotatable bonds is 13. The number of methoxy groups -OCH3 is 1. The van der Waals surface area contributed by atoms with E-state index in [1.807, 2.05) is 60.7 Å². The van der Waals surface area contributed by atoms with Crippen LogP contribution < -0.4 is 0 Å². The van der Waals surface area contributed by atoms with Crippen molar-refractivity contribution >= 4 is 30.4 Å². The number of carbonyl (C=O) groups is 4. The first kappa shape index (κ1) is 40.2.